The molecular formula is C18H26O3. The first kappa shape index (κ1) is 16.2. The highest BCUT2D eigenvalue weighted by Crippen LogP contribution is 2.14. The number of hydrogen-bond donors (Lipinski definition) is 1. The molecular weight excluding hydrogens is 264 g/mol. The molecule has 0 aromatic heterocycles. The molecule has 1 atom stereocenters. The van der Waals surface area contributed by atoms with Crippen LogP contribution in [-0.2, 0) is 22.3 Å². The zero-order valence-corrected chi connectivity index (χ0v) is 12.7. The van der Waals surface area contributed by atoms with Gasteiger partial charge >= 0.3 is 0 Å². The van der Waals surface area contributed by atoms with Gasteiger partial charge in [0.15, 0.2) is 6.29 Å². The summed E-state index contributed by atoms with van der Waals surface area (Å²) in [6.07, 6.45) is 10.4. The predicted octanol–water partition coefficient (Wildman–Crippen LogP) is 3.25. The molecule has 1 aliphatic rings. The van der Waals surface area contributed by atoms with Gasteiger partial charge in [0.1, 0.15) is 0 Å². The lowest BCUT2D eigenvalue weighted by molar-refractivity contribution is -0.155. The summed E-state index contributed by atoms with van der Waals surface area (Å²) in [4.78, 5) is 0. The smallest absolute Gasteiger partial charge is 0.157 e. The van der Waals surface area contributed by atoms with Crippen LogP contribution in [0.15, 0.2) is 36.4 Å². The van der Waals surface area contributed by atoms with E-state index in [9.17, 15) is 0 Å². The first-order valence-electron chi connectivity index (χ1n) is 7.96. The summed E-state index contributed by atoms with van der Waals surface area (Å²) < 4.78 is 11.2. The molecule has 1 saturated heterocycles. The van der Waals surface area contributed by atoms with Crippen molar-refractivity contribution in [3.8, 4) is 0 Å². The van der Waals surface area contributed by atoms with Gasteiger partial charge in [-0.15, -0.1) is 0 Å². The molecule has 1 aromatic carbocycles. The number of aryl methyl sites for hydroxylation is 1. The van der Waals surface area contributed by atoms with Crippen LogP contribution in [0.1, 0.15) is 36.8 Å². The first-order valence-corrected chi connectivity index (χ1v) is 7.96. The minimum Gasteiger partial charge on any atom is -0.396 e. The Hall–Kier alpha value is -1.16. The maximum Gasteiger partial charge on any atom is 0.157 e. The summed E-state index contributed by atoms with van der Waals surface area (Å²) in [6.45, 7) is 1.67. The molecule has 1 unspecified atom stereocenters. The molecule has 116 valence electrons. The van der Waals surface area contributed by atoms with Crippen LogP contribution < -0.4 is 0 Å². The Bertz CT molecular complexity index is 422. The van der Waals surface area contributed by atoms with Gasteiger partial charge in [0.25, 0.3) is 0 Å². The Labute approximate surface area is 127 Å². The molecule has 1 fully saturated rings. The Balaban J connectivity index is 1.65. The lowest BCUT2D eigenvalue weighted by Crippen LogP contribution is -2.22. The van der Waals surface area contributed by atoms with E-state index in [0.717, 1.165) is 38.7 Å². The second-order valence-corrected chi connectivity index (χ2v) is 5.38. The number of allylic oxidation sites excluding steroid dienone is 1. The molecule has 0 bridgehead atoms. The van der Waals surface area contributed by atoms with Gasteiger partial charge in [-0.05, 0) is 49.7 Å². The maximum atomic E-state index is 9.07. The monoisotopic (exact) mass is 290 g/mol. The number of ether oxygens (including phenoxy) is 2. The largest absolute Gasteiger partial charge is 0.396 e. The van der Waals surface area contributed by atoms with Gasteiger partial charge in [0, 0.05) is 13.2 Å². The lowest BCUT2D eigenvalue weighted by Gasteiger charge is -2.21. The molecule has 2 rings (SSSR count). The molecule has 1 N–H and O–H groups in total. The molecule has 1 heterocycles. The standard InChI is InChI=1S/C18H26O3/c19-13-12-17-10-4-3-9-16(17)8-2-1-6-14-20-18-11-5-7-15-21-18/h1,3-4,6,9-10,18-19H,2,5,7-8,11-15H2/b6-1+. The van der Waals surface area contributed by atoms with Crippen molar-refractivity contribution in [2.75, 3.05) is 19.8 Å². The normalized spacial score (nSPS) is 19.2. The van der Waals surface area contributed by atoms with Crippen LogP contribution >= 0.6 is 0 Å². The molecule has 0 aliphatic carbocycles. The molecule has 3 heteroatoms. The average Bonchev–Trinajstić information content (AvgIpc) is 2.53. The number of aliphatic hydroxyl groups is 1. The maximum absolute atomic E-state index is 9.07. The van der Waals surface area contributed by atoms with Crippen LogP contribution in [0.4, 0.5) is 0 Å². The zero-order chi connectivity index (χ0) is 14.8. The molecule has 0 amide bonds. The highest BCUT2D eigenvalue weighted by atomic mass is 16.7. The number of rotatable bonds is 8. The van der Waals surface area contributed by atoms with Gasteiger partial charge < -0.3 is 14.6 Å². The van der Waals surface area contributed by atoms with Crippen LogP contribution in [0, 0.1) is 0 Å². The molecule has 1 aromatic rings. The van der Waals surface area contributed by atoms with Gasteiger partial charge in [0.2, 0.25) is 0 Å². The van der Waals surface area contributed by atoms with Gasteiger partial charge in [-0.1, -0.05) is 36.4 Å². The Morgan fingerprint density at radius 3 is 2.67 bits per heavy atom. The summed E-state index contributed by atoms with van der Waals surface area (Å²) in [6, 6.07) is 8.33. The molecule has 21 heavy (non-hydrogen) atoms. The van der Waals surface area contributed by atoms with Crippen molar-refractivity contribution in [3.63, 3.8) is 0 Å². The van der Waals surface area contributed by atoms with E-state index < -0.39 is 0 Å². The number of aliphatic hydroxyl groups excluding tert-OH is 1. The van der Waals surface area contributed by atoms with E-state index in [1.54, 1.807) is 0 Å². The molecule has 0 radical (unpaired) electrons. The highest BCUT2D eigenvalue weighted by molar-refractivity contribution is 5.27. The minimum atomic E-state index is -0.00585. The average molecular weight is 290 g/mol. The van der Waals surface area contributed by atoms with E-state index in [2.05, 4.69) is 30.4 Å². The number of hydrogen-bond acceptors (Lipinski definition) is 3. The van der Waals surface area contributed by atoms with Crippen molar-refractivity contribution in [3.05, 3.63) is 47.5 Å². The van der Waals surface area contributed by atoms with Crippen LogP contribution in [0.5, 0.6) is 0 Å². The fraction of sp³-hybridized carbons (Fsp3) is 0.556. The second kappa shape index (κ2) is 9.72. The quantitative estimate of drug-likeness (QED) is 0.747. The van der Waals surface area contributed by atoms with E-state index in [1.165, 1.54) is 17.5 Å². The van der Waals surface area contributed by atoms with Crippen LogP contribution in [0.25, 0.3) is 0 Å². The van der Waals surface area contributed by atoms with E-state index >= 15 is 0 Å². The minimum absolute atomic E-state index is 0.00585. The summed E-state index contributed by atoms with van der Waals surface area (Å²) in [5, 5.41) is 9.07. The highest BCUT2D eigenvalue weighted by Gasteiger charge is 2.12. The van der Waals surface area contributed by atoms with Crippen molar-refractivity contribution >= 4 is 0 Å². The Morgan fingerprint density at radius 1 is 1.14 bits per heavy atom. The van der Waals surface area contributed by atoms with Crippen LogP contribution in [0.2, 0.25) is 0 Å². The fourth-order valence-corrected chi connectivity index (χ4v) is 2.60. The summed E-state index contributed by atoms with van der Waals surface area (Å²) >= 11 is 0. The fourth-order valence-electron chi connectivity index (χ4n) is 2.60. The molecule has 0 saturated carbocycles. The Kier molecular flexibility index (Phi) is 7.50. The molecule has 1 aliphatic heterocycles. The summed E-state index contributed by atoms with van der Waals surface area (Å²) in [7, 11) is 0. The SMILES string of the molecule is OCCc1ccccc1CC/C=C/COC1CCCCO1. The third kappa shape index (κ3) is 6.00. The first-order chi connectivity index (χ1) is 10.4. The van der Waals surface area contributed by atoms with Crippen molar-refractivity contribution in [1.82, 2.24) is 0 Å². The van der Waals surface area contributed by atoms with Crippen LogP contribution in [-0.4, -0.2) is 31.2 Å². The van der Waals surface area contributed by atoms with Crippen LogP contribution in [0.3, 0.4) is 0 Å². The lowest BCUT2D eigenvalue weighted by atomic mass is 10.0. The topological polar surface area (TPSA) is 38.7 Å². The predicted molar refractivity (Wildman–Crippen MR) is 84.2 cm³/mol. The van der Waals surface area contributed by atoms with E-state index in [4.69, 9.17) is 14.6 Å². The molecule has 3 nitrogen and oxygen atoms in total. The van der Waals surface area contributed by atoms with Crippen molar-refractivity contribution in [1.29, 1.82) is 0 Å². The van der Waals surface area contributed by atoms with Crippen molar-refractivity contribution < 1.29 is 14.6 Å². The summed E-state index contributed by atoms with van der Waals surface area (Å²) in [5.74, 6) is 0. The van der Waals surface area contributed by atoms with Gasteiger partial charge in [-0.25, -0.2) is 0 Å². The zero-order valence-electron chi connectivity index (χ0n) is 12.7. The van der Waals surface area contributed by atoms with E-state index in [1.807, 2.05) is 6.07 Å². The second-order valence-electron chi connectivity index (χ2n) is 5.38. The van der Waals surface area contributed by atoms with Gasteiger partial charge in [-0.3, -0.25) is 0 Å². The van der Waals surface area contributed by atoms with Gasteiger partial charge in [-0.2, -0.15) is 0 Å². The number of benzene rings is 1. The Morgan fingerprint density at radius 2 is 1.95 bits per heavy atom. The van der Waals surface area contributed by atoms with Gasteiger partial charge in [0.05, 0.1) is 6.61 Å². The third-order valence-corrected chi connectivity index (χ3v) is 3.76. The van der Waals surface area contributed by atoms with E-state index in [0.29, 0.717) is 6.61 Å². The molecule has 0 spiro atoms. The third-order valence-electron chi connectivity index (χ3n) is 3.76. The summed E-state index contributed by atoms with van der Waals surface area (Å²) in [5.41, 5.74) is 2.58. The van der Waals surface area contributed by atoms with Crippen molar-refractivity contribution in [2.24, 2.45) is 0 Å². The van der Waals surface area contributed by atoms with Crippen molar-refractivity contribution in [2.45, 2.75) is 44.8 Å². The van der Waals surface area contributed by atoms with E-state index in [-0.39, 0.29) is 12.9 Å².